The van der Waals surface area contributed by atoms with Crippen LogP contribution in [0.3, 0.4) is 0 Å². The van der Waals surface area contributed by atoms with Crippen molar-refractivity contribution in [2.75, 3.05) is 26.0 Å². The third-order valence-electron chi connectivity index (χ3n) is 3.03. The first-order valence-corrected chi connectivity index (χ1v) is 6.17. The van der Waals surface area contributed by atoms with Gasteiger partial charge >= 0.3 is 0 Å². The van der Waals surface area contributed by atoms with Crippen molar-refractivity contribution in [3.05, 3.63) is 29.3 Å². The highest BCUT2D eigenvalue weighted by Gasteiger charge is 2.21. The van der Waals surface area contributed by atoms with Crippen LogP contribution in [-0.2, 0) is 4.74 Å². The predicted octanol–water partition coefficient (Wildman–Crippen LogP) is 2.07. The molecule has 1 rings (SSSR count). The molecule has 1 unspecified atom stereocenters. The number of nitrogens with two attached hydrogens (primary N) is 1. The first-order chi connectivity index (χ1) is 8.51. The normalized spacial score (nSPS) is 12.2. The second-order valence-corrected chi connectivity index (χ2v) is 4.47. The lowest BCUT2D eigenvalue weighted by Gasteiger charge is -2.28. The Morgan fingerprint density at radius 3 is 2.72 bits per heavy atom. The van der Waals surface area contributed by atoms with Gasteiger partial charge in [0.25, 0.3) is 5.91 Å². The summed E-state index contributed by atoms with van der Waals surface area (Å²) in [6.45, 7) is 7.04. The molecule has 4 nitrogen and oxygen atoms in total. The molecule has 0 spiro atoms. The number of amides is 1. The van der Waals surface area contributed by atoms with E-state index in [9.17, 15) is 4.79 Å². The summed E-state index contributed by atoms with van der Waals surface area (Å²) in [6.07, 6.45) is 0. The minimum Gasteiger partial charge on any atom is -0.399 e. The lowest BCUT2D eigenvalue weighted by molar-refractivity contribution is 0.0578. The third kappa shape index (κ3) is 3.23. The minimum absolute atomic E-state index is 0.00634. The maximum atomic E-state index is 12.5. The lowest BCUT2D eigenvalue weighted by Crippen LogP contribution is -2.41. The van der Waals surface area contributed by atoms with Gasteiger partial charge in [0, 0.05) is 24.9 Å². The minimum atomic E-state index is 0.00634. The number of ether oxygens (including phenoxy) is 1. The molecule has 1 aromatic rings. The molecular formula is C14H22N2O2. The smallest absolute Gasteiger partial charge is 0.254 e. The van der Waals surface area contributed by atoms with Gasteiger partial charge in [-0.25, -0.2) is 0 Å². The van der Waals surface area contributed by atoms with E-state index in [1.54, 1.807) is 24.1 Å². The SMILES string of the molecule is CCN(C(=O)c1cc(N)ccc1C)C(C)COC. The molecular weight excluding hydrogens is 228 g/mol. The highest BCUT2D eigenvalue weighted by atomic mass is 16.5. The van der Waals surface area contributed by atoms with Crippen molar-refractivity contribution < 1.29 is 9.53 Å². The number of methoxy groups -OCH3 is 1. The van der Waals surface area contributed by atoms with Crippen molar-refractivity contribution in [1.29, 1.82) is 0 Å². The van der Waals surface area contributed by atoms with Crippen LogP contribution in [0.25, 0.3) is 0 Å². The summed E-state index contributed by atoms with van der Waals surface area (Å²) in [6, 6.07) is 5.46. The van der Waals surface area contributed by atoms with Crippen LogP contribution >= 0.6 is 0 Å². The van der Waals surface area contributed by atoms with Crippen molar-refractivity contribution in [2.24, 2.45) is 0 Å². The Labute approximate surface area is 109 Å². The zero-order valence-electron chi connectivity index (χ0n) is 11.6. The average Bonchev–Trinajstić information content (AvgIpc) is 2.33. The Kier molecular flexibility index (Phi) is 5.16. The first kappa shape index (κ1) is 14.5. The summed E-state index contributed by atoms with van der Waals surface area (Å²) in [5.74, 6) is 0.00634. The number of anilines is 1. The molecule has 0 aromatic heterocycles. The van der Waals surface area contributed by atoms with Gasteiger partial charge in [0.2, 0.25) is 0 Å². The largest absolute Gasteiger partial charge is 0.399 e. The number of carbonyl (C=O) groups is 1. The quantitative estimate of drug-likeness (QED) is 0.814. The number of nitrogens with zero attached hydrogens (tertiary/aromatic N) is 1. The average molecular weight is 250 g/mol. The molecule has 0 radical (unpaired) electrons. The number of rotatable bonds is 5. The van der Waals surface area contributed by atoms with E-state index in [0.29, 0.717) is 24.4 Å². The summed E-state index contributed by atoms with van der Waals surface area (Å²) >= 11 is 0. The van der Waals surface area contributed by atoms with Gasteiger partial charge < -0.3 is 15.4 Å². The van der Waals surface area contributed by atoms with Gasteiger partial charge in [0.05, 0.1) is 12.6 Å². The second-order valence-electron chi connectivity index (χ2n) is 4.47. The Morgan fingerprint density at radius 2 is 2.17 bits per heavy atom. The number of benzene rings is 1. The monoisotopic (exact) mass is 250 g/mol. The van der Waals surface area contributed by atoms with Crippen LogP contribution in [0, 0.1) is 6.92 Å². The van der Waals surface area contributed by atoms with E-state index in [2.05, 4.69) is 0 Å². The molecule has 0 fully saturated rings. The van der Waals surface area contributed by atoms with Gasteiger partial charge in [0.1, 0.15) is 0 Å². The van der Waals surface area contributed by atoms with Crippen LogP contribution in [0.1, 0.15) is 29.8 Å². The first-order valence-electron chi connectivity index (χ1n) is 6.17. The summed E-state index contributed by atoms with van der Waals surface area (Å²) < 4.78 is 5.11. The molecule has 100 valence electrons. The van der Waals surface area contributed by atoms with Crippen LogP contribution in [0.2, 0.25) is 0 Å². The van der Waals surface area contributed by atoms with E-state index >= 15 is 0 Å². The number of likely N-dealkylation sites (N-methyl/N-ethyl adjacent to an activating group) is 1. The van der Waals surface area contributed by atoms with E-state index in [1.165, 1.54) is 0 Å². The molecule has 0 aliphatic heterocycles. The van der Waals surface area contributed by atoms with E-state index in [-0.39, 0.29) is 11.9 Å². The fraction of sp³-hybridized carbons (Fsp3) is 0.500. The molecule has 0 bridgehead atoms. The van der Waals surface area contributed by atoms with Crippen LogP contribution < -0.4 is 5.73 Å². The van der Waals surface area contributed by atoms with E-state index in [0.717, 1.165) is 5.56 Å². The van der Waals surface area contributed by atoms with E-state index in [4.69, 9.17) is 10.5 Å². The molecule has 18 heavy (non-hydrogen) atoms. The van der Waals surface area contributed by atoms with Crippen LogP contribution in [0.4, 0.5) is 5.69 Å². The molecule has 2 N–H and O–H groups in total. The molecule has 0 saturated heterocycles. The van der Waals surface area contributed by atoms with Gasteiger partial charge in [-0.15, -0.1) is 0 Å². The third-order valence-corrected chi connectivity index (χ3v) is 3.03. The van der Waals surface area contributed by atoms with Crippen molar-refractivity contribution in [1.82, 2.24) is 4.90 Å². The number of hydrogen-bond acceptors (Lipinski definition) is 3. The molecule has 0 heterocycles. The Morgan fingerprint density at radius 1 is 1.50 bits per heavy atom. The number of nitrogen functional groups attached to an aromatic ring is 1. The summed E-state index contributed by atoms with van der Waals surface area (Å²) in [5.41, 5.74) is 7.97. The molecule has 1 aromatic carbocycles. The maximum absolute atomic E-state index is 12.5. The summed E-state index contributed by atoms with van der Waals surface area (Å²) in [4.78, 5) is 14.3. The highest BCUT2D eigenvalue weighted by Crippen LogP contribution is 2.16. The maximum Gasteiger partial charge on any atom is 0.254 e. The van der Waals surface area contributed by atoms with E-state index in [1.807, 2.05) is 26.8 Å². The van der Waals surface area contributed by atoms with Gasteiger partial charge in [0.15, 0.2) is 0 Å². The highest BCUT2D eigenvalue weighted by molar-refractivity contribution is 5.96. The Bertz CT molecular complexity index is 418. The van der Waals surface area contributed by atoms with Crippen LogP contribution in [0.5, 0.6) is 0 Å². The van der Waals surface area contributed by atoms with Gasteiger partial charge in [-0.2, -0.15) is 0 Å². The second kappa shape index (κ2) is 6.40. The van der Waals surface area contributed by atoms with Crippen molar-refractivity contribution >= 4 is 11.6 Å². The van der Waals surface area contributed by atoms with Gasteiger partial charge in [-0.3, -0.25) is 4.79 Å². The molecule has 4 heteroatoms. The van der Waals surface area contributed by atoms with Crippen molar-refractivity contribution in [2.45, 2.75) is 26.8 Å². The van der Waals surface area contributed by atoms with Crippen LogP contribution in [0.15, 0.2) is 18.2 Å². The number of carbonyl (C=O) groups excluding carboxylic acids is 1. The van der Waals surface area contributed by atoms with Gasteiger partial charge in [-0.05, 0) is 38.5 Å². The number of hydrogen-bond donors (Lipinski definition) is 1. The Balaban J connectivity index is 2.99. The fourth-order valence-corrected chi connectivity index (χ4v) is 2.01. The predicted molar refractivity (Wildman–Crippen MR) is 73.6 cm³/mol. The van der Waals surface area contributed by atoms with Gasteiger partial charge in [-0.1, -0.05) is 6.07 Å². The topological polar surface area (TPSA) is 55.6 Å². The summed E-state index contributed by atoms with van der Waals surface area (Å²) in [7, 11) is 1.64. The molecule has 0 saturated carbocycles. The lowest BCUT2D eigenvalue weighted by atomic mass is 10.1. The molecule has 1 atom stereocenters. The molecule has 1 amide bonds. The molecule has 0 aliphatic carbocycles. The van der Waals surface area contributed by atoms with E-state index < -0.39 is 0 Å². The van der Waals surface area contributed by atoms with Crippen molar-refractivity contribution in [3.8, 4) is 0 Å². The zero-order valence-corrected chi connectivity index (χ0v) is 11.6. The van der Waals surface area contributed by atoms with Crippen molar-refractivity contribution in [3.63, 3.8) is 0 Å². The molecule has 0 aliphatic rings. The summed E-state index contributed by atoms with van der Waals surface area (Å²) in [5, 5.41) is 0. The number of aryl methyl sites for hydroxylation is 1. The zero-order chi connectivity index (χ0) is 13.7. The van der Waals surface area contributed by atoms with Crippen LogP contribution in [-0.4, -0.2) is 37.1 Å². The standard InChI is InChI=1S/C14H22N2O2/c1-5-16(11(3)9-18-4)14(17)13-8-12(15)7-6-10(13)2/h6-8,11H,5,9,15H2,1-4H3. The fourth-order valence-electron chi connectivity index (χ4n) is 2.01. The Hall–Kier alpha value is -1.55.